The van der Waals surface area contributed by atoms with Gasteiger partial charge in [-0.25, -0.2) is 0 Å². The Hall–Kier alpha value is -1.02. The molecule has 0 amide bonds. The summed E-state index contributed by atoms with van der Waals surface area (Å²) in [5, 5.41) is 3.45. The van der Waals surface area contributed by atoms with E-state index in [1.54, 1.807) is 0 Å². The van der Waals surface area contributed by atoms with Crippen molar-refractivity contribution in [1.29, 1.82) is 0 Å². The number of benzene rings is 1. The van der Waals surface area contributed by atoms with Crippen LogP contribution in [0, 0.1) is 11.8 Å². The van der Waals surface area contributed by atoms with Gasteiger partial charge in [0.05, 0.1) is 6.61 Å². The number of ether oxygens (including phenoxy) is 1. The number of hydrogen-bond acceptors (Lipinski definition) is 2. The van der Waals surface area contributed by atoms with Crippen molar-refractivity contribution in [2.24, 2.45) is 11.8 Å². The predicted molar refractivity (Wildman–Crippen MR) is 71.3 cm³/mol. The minimum absolute atomic E-state index is 0.471. The van der Waals surface area contributed by atoms with Crippen molar-refractivity contribution < 1.29 is 4.74 Å². The maximum atomic E-state index is 5.47. The lowest BCUT2D eigenvalue weighted by molar-refractivity contribution is 0.339. The zero-order chi connectivity index (χ0) is 12.3. The molecule has 0 spiro atoms. The lowest BCUT2D eigenvalue weighted by atomic mass is 9.91. The molecule has 0 bridgehead atoms. The Kier molecular flexibility index (Phi) is 4.06. The lowest BCUT2D eigenvalue weighted by Crippen LogP contribution is -2.24. The van der Waals surface area contributed by atoms with Crippen molar-refractivity contribution in [1.82, 2.24) is 5.32 Å². The van der Waals surface area contributed by atoms with Crippen molar-refractivity contribution in [3.05, 3.63) is 29.8 Å². The molecule has 1 saturated carbocycles. The van der Waals surface area contributed by atoms with E-state index in [-0.39, 0.29) is 0 Å². The van der Waals surface area contributed by atoms with E-state index in [1.165, 1.54) is 18.4 Å². The molecule has 0 aromatic heterocycles. The van der Waals surface area contributed by atoms with Crippen LogP contribution in [0.3, 0.4) is 0 Å². The molecule has 1 aromatic carbocycles. The van der Waals surface area contributed by atoms with Crippen molar-refractivity contribution in [2.75, 3.05) is 13.7 Å². The van der Waals surface area contributed by atoms with Gasteiger partial charge in [-0.2, -0.15) is 0 Å². The number of rotatable bonds is 6. The minimum Gasteiger partial charge on any atom is -0.494 e. The normalized spacial score (nSPS) is 18.8. The smallest absolute Gasteiger partial charge is 0.119 e. The summed E-state index contributed by atoms with van der Waals surface area (Å²) in [6.07, 6.45) is 2.80. The predicted octanol–water partition coefficient (Wildman–Crippen LogP) is 3.39. The Morgan fingerprint density at radius 1 is 1.29 bits per heavy atom. The largest absolute Gasteiger partial charge is 0.494 e. The maximum Gasteiger partial charge on any atom is 0.119 e. The topological polar surface area (TPSA) is 21.3 Å². The average molecular weight is 233 g/mol. The van der Waals surface area contributed by atoms with Crippen LogP contribution >= 0.6 is 0 Å². The van der Waals surface area contributed by atoms with Crippen LogP contribution in [-0.2, 0) is 0 Å². The fourth-order valence-electron chi connectivity index (χ4n) is 2.57. The van der Waals surface area contributed by atoms with E-state index in [0.29, 0.717) is 6.04 Å². The molecule has 2 rings (SSSR count). The molecule has 0 aliphatic heterocycles. The highest BCUT2D eigenvalue weighted by atomic mass is 16.5. The number of nitrogens with one attached hydrogen (secondary N) is 1. The van der Waals surface area contributed by atoms with Crippen molar-refractivity contribution in [3.63, 3.8) is 0 Å². The van der Waals surface area contributed by atoms with Crippen LogP contribution in [0.2, 0.25) is 0 Å². The average Bonchev–Trinajstić information content (AvgIpc) is 3.16. The zero-order valence-electron chi connectivity index (χ0n) is 11.1. The van der Waals surface area contributed by atoms with Gasteiger partial charge in [0.2, 0.25) is 0 Å². The van der Waals surface area contributed by atoms with Crippen molar-refractivity contribution in [2.45, 2.75) is 32.7 Å². The van der Waals surface area contributed by atoms with Crippen molar-refractivity contribution >= 4 is 0 Å². The van der Waals surface area contributed by atoms with Gasteiger partial charge in [-0.3, -0.25) is 0 Å². The van der Waals surface area contributed by atoms with Gasteiger partial charge in [0.25, 0.3) is 0 Å². The fourth-order valence-corrected chi connectivity index (χ4v) is 2.57. The standard InChI is InChI=1S/C15H23NO/c1-4-17-14-9-7-13(8-10-14)15(16-3)11(2)12-5-6-12/h7-12,15-16H,4-6H2,1-3H3. The fraction of sp³-hybridized carbons (Fsp3) is 0.600. The van der Waals surface area contributed by atoms with Crippen LogP contribution in [0.4, 0.5) is 0 Å². The summed E-state index contributed by atoms with van der Waals surface area (Å²) in [6, 6.07) is 8.99. The third-order valence-electron chi connectivity index (χ3n) is 3.75. The first-order chi connectivity index (χ1) is 8.26. The molecule has 1 N–H and O–H groups in total. The SMILES string of the molecule is CCOc1ccc(C(NC)C(C)C2CC2)cc1. The Morgan fingerprint density at radius 2 is 1.94 bits per heavy atom. The second-order valence-corrected chi connectivity index (χ2v) is 4.96. The van der Waals surface area contributed by atoms with E-state index < -0.39 is 0 Å². The summed E-state index contributed by atoms with van der Waals surface area (Å²) < 4.78 is 5.47. The van der Waals surface area contributed by atoms with Gasteiger partial charge in [-0.05, 0) is 56.3 Å². The molecular weight excluding hydrogens is 210 g/mol. The lowest BCUT2D eigenvalue weighted by Gasteiger charge is -2.24. The Morgan fingerprint density at radius 3 is 2.41 bits per heavy atom. The highest BCUT2D eigenvalue weighted by molar-refractivity contribution is 5.29. The summed E-state index contributed by atoms with van der Waals surface area (Å²) in [5.74, 6) is 2.60. The Labute approximate surface area is 104 Å². The quantitative estimate of drug-likeness (QED) is 0.813. The van der Waals surface area contributed by atoms with Crippen LogP contribution in [-0.4, -0.2) is 13.7 Å². The third-order valence-corrected chi connectivity index (χ3v) is 3.75. The van der Waals surface area contributed by atoms with Crippen LogP contribution in [0.15, 0.2) is 24.3 Å². The zero-order valence-corrected chi connectivity index (χ0v) is 11.1. The van der Waals surface area contributed by atoms with E-state index in [2.05, 4.69) is 43.6 Å². The minimum atomic E-state index is 0.471. The molecule has 17 heavy (non-hydrogen) atoms. The molecular formula is C15H23NO. The summed E-state index contributed by atoms with van der Waals surface area (Å²) >= 11 is 0. The van der Waals surface area contributed by atoms with Crippen LogP contribution in [0.25, 0.3) is 0 Å². The third kappa shape index (κ3) is 3.01. The van der Waals surface area contributed by atoms with E-state index >= 15 is 0 Å². The summed E-state index contributed by atoms with van der Waals surface area (Å²) in [6.45, 7) is 5.10. The van der Waals surface area contributed by atoms with Crippen LogP contribution < -0.4 is 10.1 Å². The van der Waals surface area contributed by atoms with Gasteiger partial charge in [-0.15, -0.1) is 0 Å². The first kappa shape index (κ1) is 12.4. The molecule has 2 unspecified atom stereocenters. The molecule has 2 atom stereocenters. The first-order valence-corrected chi connectivity index (χ1v) is 6.66. The molecule has 0 heterocycles. The van der Waals surface area contributed by atoms with Gasteiger partial charge in [0.1, 0.15) is 5.75 Å². The van der Waals surface area contributed by atoms with Crippen molar-refractivity contribution in [3.8, 4) is 5.75 Å². The van der Waals surface area contributed by atoms with Crippen LogP contribution in [0.1, 0.15) is 38.3 Å². The second kappa shape index (κ2) is 5.54. The molecule has 1 aromatic rings. The molecule has 2 nitrogen and oxygen atoms in total. The van der Waals surface area contributed by atoms with Gasteiger partial charge in [0, 0.05) is 6.04 Å². The summed E-state index contributed by atoms with van der Waals surface area (Å²) in [4.78, 5) is 0. The number of hydrogen-bond donors (Lipinski definition) is 1. The summed E-state index contributed by atoms with van der Waals surface area (Å²) in [5.41, 5.74) is 1.37. The molecule has 0 radical (unpaired) electrons. The van der Waals surface area contributed by atoms with Gasteiger partial charge in [0.15, 0.2) is 0 Å². The molecule has 1 aliphatic rings. The first-order valence-electron chi connectivity index (χ1n) is 6.66. The molecule has 1 aliphatic carbocycles. The van der Waals surface area contributed by atoms with Crippen LogP contribution in [0.5, 0.6) is 5.75 Å². The van der Waals surface area contributed by atoms with E-state index in [1.807, 2.05) is 6.92 Å². The van der Waals surface area contributed by atoms with E-state index in [9.17, 15) is 0 Å². The second-order valence-electron chi connectivity index (χ2n) is 4.96. The molecule has 1 fully saturated rings. The summed E-state index contributed by atoms with van der Waals surface area (Å²) in [7, 11) is 2.06. The van der Waals surface area contributed by atoms with Gasteiger partial charge in [-0.1, -0.05) is 19.1 Å². The van der Waals surface area contributed by atoms with E-state index in [0.717, 1.165) is 24.2 Å². The molecule has 0 saturated heterocycles. The monoisotopic (exact) mass is 233 g/mol. The highest BCUT2D eigenvalue weighted by Gasteiger charge is 2.33. The molecule has 94 valence electrons. The van der Waals surface area contributed by atoms with Gasteiger partial charge >= 0.3 is 0 Å². The molecule has 2 heteroatoms. The maximum absolute atomic E-state index is 5.47. The van der Waals surface area contributed by atoms with E-state index in [4.69, 9.17) is 4.74 Å². The van der Waals surface area contributed by atoms with Gasteiger partial charge < -0.3 is 10.1 Å². The highest BCUT2D eigenvalue weighted by Crippen LogP contribution is 2.42. The Balaban J connectivity index is 2.07. The Bertz CT molecular complexity index is 342.